The van der Waals surface area contributed by atoms with Gasteiger partial charge in [0.15, 0.2) is 0 Å². The largest absolute Gasteiger partial charge is 0.390 e. The SMILES string of the molecule is CCc1ccc(CN2CCC(C)(O)CC2)cc1. The highest BCUT2D eigenvalue weighted by molar-refractivity contribution is 5.22. The van der Waals surface area contributed by atoms with Crippen molar-refractivity contribution in [3.63, 3.8) is 0 Å². The van der Waals surface area contributed by atoms with Gasteiger partial charge in [0.05, 0.1) is 5.60 Å². The van der Waals surface area contributed by atoms with E-state index < -0.39 is 5.60 Å². The Morgan fingerprint density at radius 2 is 1.65 bits per heavy atom. The molecule has 94 valence electrons. The maximum absolute atomic E-state index is 9.90. The normalized spacial score (nSPS) is 20.4. The van der Waals surface area contributed by atoms with Crippen molar-refractivity contribution in [1.29, 1.82) is 0 Å². The Hall–Kier alpha value is -0.860. The zero-order valence-corrected chi connectivity index (χ0v) is 10.9. The Kier molecular flexibility index (Phi) is 3.85. The average Bonchev–Trinajstić information content (AvgIpc) is 2.33. The first-order chi connectivity index (χ1) is 8.09. The summed E-state index contributed by atoms with van der Waals surface area (Å²) >= 11 is 0. The van der Waals surface area contributed by atoms with Crippen LogP contribution in [0.15, 0.2) is 24.3 Å². The average molecular weight is 233 g/mol. The summed E-state index contributed by atoms with van der Waals surface area (Å²) in [7, 11) is 0. The second kappa shape index (κ2) is 5.19. The van der Waals surface area contributed by atoms with Gasteiger partial charge in [0.2, 0.25) is 0 Å². The first kappa shape index (κ1) is 12.6. The van der Waals surface area contributed by atoms with Crippen molar-refractivity contribution >= 4 is 0 Å². The summed E-state index contributed by atoms with van der Waals surface area (Å²) in [5.41, 5.74) is 2.34. The third-order valence-electron chi connectivity index (χ3n) is 3.77. The van der Waals surface area contributed by atoms with Gasteiger partial charge in [-0.2, -0.15) is 0 Å². The van der Waals surface area contributed by atoms with Gasteiger partial charge in [0.25, 0.3) is 0 Å². The van der Waals surface area contributed by atoms with E-state index in [1.165, 1.54) is 11.1 Å². The number of hydrogen-bond donors (Lipinski definition) is 1. The number of rotatable bonds is 3. The second-order valence-corrected chi connectivity index (χ2v) is 5.44. The fraction of sp³-hybridized carbons (Fsp3) is 0.600. The van der Waals surface area contributed by atoms with Crippen LogP contribution in [-0.4, -0.2) is 28.7 Å². The molecule has 0 atom stereocenters. The molecule has 0 saturated carbocycles. The van der Waals surface area contributed by atoms with E-state index in [1.807, 2.05) is 6.92 Å². The summed E-state index contributed by atoms with van der Waals surface area (Å²) in [6, 6.07) is 8.89. The van der Waals surface area contributed by atoms with Crippen LogP contribution in [0.4, 0.5) is 0 Å². The standard InChI is InChI=1S/C15H23NO/c1-3-13-4-6-14(7-5-13)12-16-10-8-15(2,17)9-11-16/h4-7,17H,3,8-12H2,1-2H3. The predicted molar refractivity (Wildman–Crippen MR) is 71.0 cm³/mol. The van der Waals surface area contributed by atoms with Gasteiger partial charge in [-0.05, 0) is 37.3 Å². The van der Waals surface area contributed by atoms with Crippen molar-refractivity contribution in [3.8, 4) is 0 Å². The van der Waals surface area contributed by atoms with Crippen LogP contribution >= 0.6 is 0 Å². The number of aryl methyl sites for hydroxylation is 1. The molecule has 0 unspecified atom stereocenters. The Morgan fingerprint density at radius 3 is 2.18 bits per heavy atom. The van der Waals surface area contributed by atoms with E-state index in [-0.39, 0.29) is 0 Å². The number of piperidine rings is 1. The lowest BCUT2D eigenvalue weighted by atomic mass is 9.93. The molecule has 17 heavy (non-hydrogen) atoms. The number of likely N-dealkylation sites (tertiary alicyclic amines) is 1. The van der Waals surface area contributed by atoms with Crippen LogP contribution in [0.3, 0.4) is 0 Å². The monoisotopic (exact) mass is 233 g/mol. The lowest BCUT2D eigenvalue weighted by Gasteiger charge is -2.35. The molecule has 1 aliphatic heterocycles. The summed E-state index contributed by atoms with van der Waals surface area (Å²) < 4.78 is 0. The molecule has 0 aliphatic carbocycles. The molecule has 1 heterocycles. The van der Waals surface area contributed by atoms with Crippen LogP contribution in [0.25, 0.3) is 0 Å². The quantitative estimate of drug-likeness (QED) is 0.867. The maximum atomic E-state index is 9.90. The number of benzene rings is 1. The van der Waals surface area contributed by atoms with Crippen LogP contribution in [0.1, 0.15) is 37.8 Å². The fourth-order valence-electron chi connectivity index (χ4n) is 2.33. The van der Waals surface area contributed by atoms with Gasteiger partial charge in [-0.3, -0.25) is 4.90 Å². The molecule has 1 fully saturated rings. The topological polar surface area (TPSA) is 23.5 Å². The van der Waals surface area contributed by atoms with E-state index in [1.54, 1.807) is 0 Å². The second-order valence-electron chi connectivity index (χ2n) is 5.44. The van der Waals surface area contributed by atoms with Gasteiger partial charge in [0.1, 0.15) is 0 Å². The van der Waals surface area contributed by atoms with Crippen molar-refractivity contribution in [2.75, 3.05) is 13.1 Å². The summed E-state index contributed by atoms with van der Waals surface area (Å²) in [6.07, 6.45) is 2.88. The molecular weight excluding hydrogens is 210 g/mol. The predicted octanol–water partition coefficient (Wildman–Crippen LogP) is 2.60. The third-order valence-corrected chi connectivity index (χ3v) is 3.77. The van der Waals surface area contributed by atoms with Crippen molar-refractivity contribution in [1.82, 2.24) is 4.90 Å². The zero-order chi connectivity index (χ0) is 12.3. The van der Waals surface area contributed by atoms with Gasteiger partial charge in [-0.25, -0.2) is 0 Å². The van der Waals surface area contributed by atoms with Crippen LogP contribution in [-0.2, 0) is 13.0 Å². The molecule has 1 aromatic rings. The Labute approximate surface area is 104 Å². The molecule has 0 bridgehead atoms. The number of nitrogens with zero attached hydrogens (tertiary/aromatic N) is 1. The molecular formula is C15H23NO. The van der Waals surface area contributed by atoms with E-state index in [2.05, 4.69) is 36.1 Å². The molecule has 1 aliphatic rings. The Morgan fingerprint density at radius 1 is 1.12 bits per heavy atom. The number of hydrogen-bond acceptors (Lipinski definition) is 2. The minimum Gasteiger partial charge on any atom is -0.390 e. The van der Waals surface area contributed by atoms with E-state index in [0.29, 0.717) is 0 Å². The van der Waals surface area contributed by atoms with Gasteiger partial charge in [0, 0.05) is 19.6 Å². The van der Waals surface area contributed by atoms with Gasteiger partial charge in [-0.1, -0.05) is 31.2 Å². The fourth-order valence-corrected chi connectivity index (χ4v) is 2.33. The molecule has 1 aromatic carbocycles. The molecule has 0 spiro atoms. The third kappa shape index (κ3) is 3.55. The van der Waals surface area contributed by atoms with Crippen molar-refractivity contribution < 1.29 is 5.11 Å². The molecule has 0 amide bonds. The Bertz CT molecular complexity index is 346. The summed E-state index contributed by atoms with van der Waals surface area (Å²) in [5.74, 6) is 0. The minimum absolute atomic E-state index is 0.442. The van der Waals surface area contributed by atoms with Crippen molar-refractivity contribution in [3.05, 3.63) is 35.4 Å². The highest BCUT2D eigenvalue weighted by Gasteiger charge is 2.26. The first-order valence-electron chi connectivity index (χ1n) is 6.61. The van der Waals surface area contributed by atoms with E-state index in [4.69, 9.17) is 0 Å². The summed E-state index contributed by atoms with van der Waals surface area (Å²) in [6.45, 7) is 7.15. The number of aliphatic hydroxyl groups is 1. The van der Waals surface area contributed by atoms with Crippen LogP contribution < -0.4 is 0 Å². The van der Waals surface area contributed by atoms with Crippen molar-refractivity contribution in [2.24, 2.45) is 0 Å². The van der Waals surface area contributed by atoms with E-state index in [0.717, 1.165) is 38.9 Å². The molecule has 1 saturated heterocycles. The summed E-state index contributed by atoms with van der Waals surface area (Å²) in [4.78, 5) is 2.43. The van der Waals surface area contributed by atoms with E-state index in [9.17, 15) is 5.11 Å². The molecule has 0 radical (unpaired) electrons. The smallest absolute Gasteiger partial charge is 0.0644 e. The lowest BCUT2D eigenvalue weighted by Crippen LogP contribution is -2.41. The Balaban J connectivity index is 1.89. The molecule has 2 rings (SSSR count). The van der Waals surface area contributed by atoms with Gasteiger partial charge < -0.3 is 5.11 Å². The van der Waals surface area contributed by atoms with Gasteiger partial charge >= 0.3 is 0 Å². The minimum atomic E-state index is -0.442. The van der Waals surface area contributed by atoms with Crippen LogP contribution in [0.2, 0.25) is 0 Å². The molecule has 2 heteroatoms. The van der Waals surface area contributed by atoms with Gasteiger partial charge in [-0.15, -0.1) is 0 Å². The highest BCUT2D eigenvalue weighted by Crippen LogP contribution is 2.22. The van der Waals surface area contributed by atoms with Crippen molar-refractivity contribution in [2.45, 2.75) is 45.3 Å². The lowest BCUT2D eigenvalue weighted by molar-refractivity contribution is -0.00729. The first-order valence-corrected chi connectivity index (χ1v) is 6.61. The zero-order valence-electron chi connectivity index (χ0n) is 10.9. The van der Waals surface area contributed by atoms with Crippen LogP contribution in [0.5, 0.6) is 0 Å². The highest BCUT2D eigenvalue weighted by atomic mass is 16.3. The summed E-state index contributed by atoms with van der Waals surface area (Å²) in [5, 5.41) is 9.90. The van der Waals surface area contributed by atoms with E-state index >= 15 is 0 Å². The molecule has 0 aromatic heterocycles. The molecule has 2 nitrogen and oxygen atoms in total. The van der Waals surface area contributed by atoms with Crippen LogP contribution in [0, 0.1) is 0 Å². The molecule has 1 N–H and O–H groups in total. The maximum Gasteiger partial charge on any atom is 0.0644 e.